The number of aliphatic hydroxyl groups is 1. The quantitative estimate of drug-likeness (QED) is 0.801. The van der Waals surface area contributed by atoms with Crippen molar-refractivity contribution in [3.05, 3.63) is 41.7 Å². The summed E-state index contributed by atoms with van der Waals surface area (Å²) in [6.45, 7) is 2.84. The second-order valence-corrected chi connectivity index (χ2v) is 4.89. The van der Waals surface area contributed by atoms with Gasteiger partial charge in [0.1, 0.15) is 5.82 Å². The topological polar surface area (TPSA) is 23.5 Å². The Hall–Kier alpha value is -1.19. The molecule has 0 amide bonds. The first kappa shape index (κ1) is 10.9. The van der Waals surface area contributed by atoms with E-state index in [2.05, 4.69) is 11.0 Å². The summed E-state index contributed by atoms with van der Waals surface area (Å²) in [5, 5.41) is 10.1. The number of rotatable bonds is 1. The zero-order valence-electron chi connectivity index (χ0n) is 9.64. The minimum absolute atomic E-state index is 0.183. The monoisotopic (exact) mass is 233 g/mol. The van der Waals surface area contributed by atoms with Crippen LogP contribution in [0.1, 0.15) is 12.0 Å². The fraction of sp³-hybridized carbons (Fsp3) is 0.429. The molecular formula is C14H16FNO. The molecule has 1 fully saturated rings. The van der Waals surface area contributed by atoms with Crippen LogP contribution in [-0.4, -0.2) is 35.7 Å². The van der Waals surface area contributed by atoms with Crippen molar-refractivity contribution >= 4 is 5.57 Å². The van der Waals surface area contributed by atoms with Gasteiger partial charge in [0, 0.05) is 25.6 Å². The normalized spacial score (nSPS) is 32.1. The molecular weight excluding hydrogens is 217 g/mol. The summed E-state index contributed by atoms with van der Waals surface area (Å²) < 4.78 is 12.9. The molecule has 1 aromatic rings. The van der Waals surface area contributed by atoms with Crippen molar-refractivity contribution in [1.29, 1.82) is 0 Å². The lowest BCUT2D eigenvalue weighted by Crippen LogP contribution is -2.46. The molecule has 1 aromatic carbocycles. The van der Waals surface area contributed by atoms with Crippen LogP contribution >= 0.6 is 0 Å². The number of hydrogen-bond acceptors (Lipinski definition) is 2. The zero-order valence-corrected chi connectivity index (χ0v) is 9.64. The number of nitrogens with zero attached hydrogens (tertiary/aromatic N) is 1. The molecule has 0 radical (unpaired) electrons. The Balaban J connectivity index is 1.94. The van der Waals surface area contributed by atoms with Crippen molar-refractivity contribution in [3.63, 3.8) is 0 Å². The van der Waals surface area contributed by atoms with E-state index >= 15 is 0 Å². The second kappa shape index (κ2) is 4.24. The van der Waals surface area contributed by atoms with Crippen molar-refractivity contribution in [2.45, 2.75) is 12.5 Å². The van der Waals surface area contributed by atoms with E-state index in [1.807, 2.05) is 0 Å². The second-order valence-electron chi connectivity index (χ2n) is 4.89. The third-order valence-electron chi connectivity index (χ3n) is 3.81. The molecule has 3 unspecified atom stereocenters. The molecule has 0 spiro atoms. The van der Waals surface area contributed by atoms with E-state index in [1.54, 1.807) is 12.1 Å². The molecule has 17 heavy (non-hydrogen) atoms. The highest BCUT2D eigenvalue weighted by atomic mass is 19.1. The number of fused-ring (bicyclic) bond motifs is 2. The van der Waals surface area contributed by atoms with Gasteiger partial charge in [-0.1, -0.05) is 18.2 Å². The number of hydrogen-bond donors (Lipinski definition) is 1. The van der Waals surface area contributed by atoms with Crippen LogP contribution in [-0.2, 0) is 0 Å². The zero-order chi connectivity index (χ0) is 11.8. The largest absolute Gasteiger partial charge is 0.392 e. The minimum Gasteiger partial charge on any atom is -0.392 e. The molecule has 2 bridgehead atoms. The molecule has 0 saturated carbocycles. The predicted octanol–water partition coefficient (Wildman–Crippen LogP) is 1.91. The van der Waals surface area contributed by atoms with Crippen LogP contribution in [0.4, 0.5) is 4.39 Å². The average molecular weight is 233 g/mol. The van der Waals surface area contributed by atoms with Gasteiger partial charge in [-0.15, -0.1) is 0 Å². The Kier molecular flexibility index (Phi) is 2.73. The first-order chi connectivity index (χ1) is 8.24. The lowest BCUT2D eigenvalue weighted by Gasteiger charge is -2.40. The van der Waals surface area contributed by atoms with Gasteiger partial charge < -0.3 is 5.11 Å². The third kappa shape index (κ3) is 2.01. The van der Waals surface area contributed by atoms with E-state index in [0.29, 0.717) is 0 Å². The Morgan fingerprint density at radius 2 is 2.00 bits per heavy atom. The Morgan fingerprint density at radius 1 is 1.24 bits per heavy atom. The van der Waals surface area contributed by atoms with E-state index in [4.69, 9.17) is 0 Å². The van der Waals surface area contributed by atoms with Gasteiger partial charge in [0.25, 0.3) is 0 Å². The van der Waals surface area contributed by atoms with Crippen molar-refractivity contribution in [2.75, 3.05) is 19.6 Å². The standard InChI is InChI=1S/C14H16FNO/c15-11-3-1-10(2-4-11)12-5-7-16-8-6-14(17)13(12)9-16/h1-5,13-14,17H,6-9H2. The van der Waals surface area contributed by atoms with Gasteiger partial charge in [-0.3, -0.25) is 4.90 Å². The van der Waals surface area contributed by atoms with Gasteiger partial charge in [0.15, 0.2) is 0 Å². The summed E-state index contributed by atoms with van der Waals surface area (Å²) >= 11 is 0. The third-order valence-corrected chi connectivity index (χ3v) is 3.81. The number of aliphatic hydroxyl groups excluding tert-OH is 1. The van der Waals surface area contributed by atoms with E-state index in [1.165, 1.54) is 17.7 Å². The van der Waals surface area contributed by atoms with Gasteiger partial charge in [-0.2, -0.15) is 0 Å². The van der Waals surface area contributed by atoms with Crippen LogP contribution in [0.3, 0.4) is 0 Å². The number of benzene rings is 1. The highest BCUT2D eigenvalue weighted by Gasteiger charge is 2.33. The van der Waals surface area contributed by atoms with Crippen molar-refractivity contribution in [1.82, 2.24) is 4.90 Å². The summed E-state index contributed by atoms with van der Waals surface area (Å²) in [5.74, 6) is -0.0288. The molecule has 3 heteroatoms. The molecule has 3 atom stereocenters. The highest BCUT2D eigenvalue weighted by molar-refractivity contribution is 5.69. The summed E-state index contributed by atoms with van der Waals surface area (Å²) in [6, 6.07) is 6.58. The molecule has 2 aliphatic rings. The van der Waals surface area contributed by atoms with Gasteiger partial charge in [0.05, 0.1) is 6.10 Å². The number of piperidine rings is 1. The first-order valence-corrected chi connectivity index (χ1v) is 6.10. The van der Waals surface area contributed by atoms with Gasteiger partial charge >= 0.3 is 0 Å². The maximum absolute atomic E-state index is 12.9. The van der Waals surface area contributed by atoms with Crippen molar-refractivity contribution < 1.29 is 9.50 Å². The van der Waals surface area contributed by atoms with Crippen molar-refractivity contribution in [3.8, 4) is 0 Å². The Bertz CT molecular complexity index is 440. The van der Waals surface area contributed by atoms with E-state index in [9.17, 15) is 9.50 Å². The van der Waals surface area contributed by atoms with E-state index in [-0.39, 0.29) is 17.8 Å². The van der Waals surface area contributed by atoms with E-state index in [0.717, 1.165) is 31.6 Å². The first-order valence-electron chi connectivity index (χ1n) is 6.10. The Morgan fingerprint density at radius 3 is 2.76 bits per heavy atom. The number of halogens is 1. The molecule has 0 aliphatic carbocycles. The lowest BCUT2D eigenvalue weighted by molar-refractivity contribution is 0.0509. The smallest absolute Gasteiger partial charge is 0.123 e. The summed E-state index contributed by atoms with van der Waals surface area (Å²) in [7, 11) is 0. The van der Waals surface area contributed by atoms with E-state index < -0.39 is 0 Å². The van der Waals surface area contributed by atoms with Crippen LogP contribution in [0.2, 0.25) is 0 Å². The summed E-state index contributed by atoms with van der Waals surface area (Å²) in [4.78, 5) is 2.35. The van der Waals surface area contributed by atoms with Crippen LogP contribution in [0, 0.1) is 11.7 Å². The molecule has 2 heterocycles. The van der Waals surface area contributed by atoms with Crippen LogP contribution in [0.15, 0.2) is 30.3 Å². The molecule has 2 nitrogen and oxygen atoms in total. The van der Waals surface area contributed by atoms with Gasteiger partial charge in [0.2, 0.25) is 0 Å². The SMILES string of the molecule is OC1CCN2CC=C(c3ccc(F)cc3)C1C2. The van der Waals surface area contributed by atoms with Crippen LogP contribution in [0.5, 0.6) is 0 Å². The summed E-state index contributed by atoms with van der Waals surface area (Å²) in [6.07, 6.45) is 2.75. The lowest BCUT2D eigenvalue weighted by atomic mass is 9.81. The van der Waals surface area contributed by atoms with Crippen LogP contribution in [0.25, 0.3) is 5.57 Å². The molecule has 2 aliphatic heterocycles. The maximum atomic E-state index is 12.9. The molecule has 3 rings (SSSR count). The highest BCUT2D eigenvalue weighted by Crippen LogP contribution is 2.34. The molecule has 1 N–H and O–H groups in total. The molecule has 1 saturated heterocycles. The minimum atomic E-state index is -0.261. The van der Waals surface area contributed by atoms with Gasteiger partial charge in [-0.05, 0) is 29.7 Å². The predicted molar refractivity (Wildman–Crippen MR) is 64.9 cm³/mol. The maximum Gasteiger partial charge on any atom is 0.123 e. The van der Waals surface area contributed by atoms with Crippen molar-refractivity contribution in [2.24, 2.45) is 5.92 Å². The molecule has 90 valence electrons. The average Bonchev–Trinajstić information content (AvgIpc) is 2.36. The summed E-state index contributed by atoms with van der Waals surface area (Å²) in [5.41, 5.74) is 2.21. The van der Waals surface area contributed by atoms with Gasteiger partial charge in [-0.25, -0.2) is 4.39 Å². The molecule has 0 aromatic heterocycles. The fourth-order valence-corrected chi connectivity index (χ4v) is 2.83. The fourth-order valence-electron chi connectivity index (χ4n) is 2.83. The van der Waals surface area contributed by atoms with Crippen LogP contribution < -0.4 is 0 Å². The Labute approximate surface area is 100 Å².